The van der Waals surface area contributed by atoms with Crippen LogP contribution in [0.15, 0.2) is 29.4 Å². The largest absolute Gasteiger partial charge is 0.465 e. The number of rotatable bonds is 4. The van der Waals surface area contributed by atoms with Gasteiger partial charge in [0, 0.05) is 9.90 Å². The molecule has 27 heavy (non-hydrogen) atoms. The summed E-state index contributed by atoms with van der Waals surface area (Å²) < 4.78 is 4.81. The minimum Gasteiger partial charge on any atom is -0.465 e. The van der Waals surface area contributed by atoms with Gasteiger partial charge in [0.05, 0.1) is 18.9 Å². The molecular formula is C18H16ClN3O4S. The second-order valence-electron chi connectivity index (χ2n) is 5.76. The lowest BCUT2D eigenvalue weighted by molar-refractivity contribution is -0.136. The van der Waals surface area contributed by atoms with E-state index >= 15 is 0 Å². The first kappa shape index (κ1) is 19.1. The minimum absolute atomic E-state index is 0.327. The van der Waals surface area contributed by atoms with Crippen LogP contribution in [0, 0.1) is 0 Å². The third-order valence-corrected chi connectivity index (χ3v) is 5.45. The van der Waals surface area contributed by atoms with Crippen LogP contribution < -0.4 is 10.7 Å². The van der Waals surface area contributed by atoms with Crippen LogP contribution in [-0.4, -0.2) is 31.1 Å². The Morgan fingerprint density at radius 3 is 2.63 bits per heavy atom. The van der Waals surface area contributed by atoms with Crippen molar-refractivity contribution in [2.45, 2.75) is 19.3 Å². The molecule has 3 rings (SSSR count). The molecule has 0 bridgehead atoms. The highest BCUT2D eigenvalue weighted by Crippen LogP contribution is 2.39. The Labute approximate surface area is 164 Å². The number of benzene rings is 1. The van der Waals surface area contributed by atoms with E-state index in [0.29, 0.717) is 21.2 Å². The van der Waals surface area contributed by atoms with Gasteiger partial charge < -0.3 is 10.1 Å². The number of nitrogens with zero attached hydrogens (tertiary/aromatic N) is 1. The lowest BCUT2D eigenvalue weighted by Gasteiger charge is -2.06. The minimum atomic E-state index is -0.940. The molecular weight excluding hydrogens is 390 g/mol. The number of nitrogens with one attached hydrogen (secondary N) is 2. The number of hydrazone groups is 1. The molecule has 1 aliphatic carbocycles. The average Bonchev–Trinajstić information content (AvgIpc) is 3.23. The van der Waals surface area contributed by atoms with Crippen LogP contribution in [0.2, 0.25) is 5.02 Å². The fourth-order valence-corrected chi connectivity index (χ4v) is 4.13. The molecule has 0 aliphatic heterocycles. The Hall–Kier alpha value is -2.71. The number of aryl methyl sites for hydroxylation is 1. The Kier molecular flexibility index (Phi) is 5.88. The zero-order valence-corrected chi connectivity index (χ0v) is 15.9. The quantitative estimate of drug-likeness (QED) is 0.354. The van der Waals surface area contributed by atoms with Gasteiger partial charge in [-0.25, -0.2) is 10.2 Å². The summed E-state index contributed by atoms with van der Waals surface area (Å²) in [5, 5.41) is 7.14. The molecule has 7 nitrogen and oxygen atoms in total. The highest BCUT2D eigenvalue weighted by atomic mass is 35.5. The summed E-state index contributed by atoms with van der Waals surface area (Å²) >= 11 is 7.08. The van der Waals surface area contributed by atoms with Crippen LogP contribution in [0.1, 0.15) is 32.8 Å². The van der Waals surface area contributed by atoms with Crippen molar-refractivity contribution in [3.8, 4) is 0 Å². The Morgan fingerprint density at radius 1 is 1.19 bits per heavy atom. The van der Waals surface area contributed by atoms with Crippen molar-refractivity contribution in [1.82, 2.24) is 5.43 Å². The number of fused-ring (bicyclic) bond motifs is 1. The third kappa shape index (κ3) is 4.35. The summed E-state index contributed by atoms with van der Waals surface area (Å²) in [5.74, 6) is -2.37. The number of hydrogen-bond donors (Lipinski definition) is 2. The maximum Gasteiger partial charge on any atom is 0.341 e. The van der Waals surface area contributed by atoms with Gasteiger partial charge in [0.15, 0.2) is 0 Å². The predicted molar refractivity (Wildman–Crippen MR) is 104 cm³/mol. The molecule has 1 heterocycles. The second kappa shape index (κ2) is 8.32. The first-order chi connectivity index (χ1) is 13.0. The zero-order valence-electron chi connectivity index (χ0n) is 14.4. The lowest BCUT2D eigenvalue weighted by Crippen LogP contribution is -2.32. The molecule has 9 heteroatoms. The molecule has 0 spiro atoms. The molecule has 2 N–H and O–H groups in total. The Balaban J connectivity index is 1.66. The van der Waals surface area contributed by atoms with E-state index in [0.717, 1.165) is 29.7 Å². The van der Waals surface area contributed by atoms with Crippen molar-refractivity contribution in [2.75, 3.05) is 12.4 Å². The van der Waals surface area contributed by atoms with Crippen molar-refractivity contribution < 1.29 is 19.1 Å². The van der Waals surface area contributed by atoms with Crippen LogP contribution in [0.5, 0.6) is 0 Å². The Bertz CT molecular complexity index is 921. The SMILES string of the molecule is COC(=O)c1c(NC(=O)C(=O)N/N=C/c2ccc(Cl)cc2)sc2c1CCC2. The van der Waals surface area contributed by atoms with Crippen LogP contribution in [-0.2, 0) is 27.2 Å². The van der Waals surface area contributed by atoms with Crippen molar-refractivity contribution >= 4 is 51.9 Å². The van der Waals surface area contributed by atoms with Gasteiger partial charge in [0.1, 0.15) is 5.00 Å². The normalized spacial score (nSPS) is 12.7. The average molecular weight is 406 g/mol. The van der Waals surface area contributed by atoms with E-state index in [4.69, 9.17) is 16.3 Å². The summed E-state index contributed by atoms with van der Waals surface area (Å²) in [6, 6.07) is 6.80. The van der Waals surface area contributed by atoms with E-state index in [2.05, 4.69) is 15.8 Å². The summed E-state index contributed by atoms with van der Waals surface area (Å²) in [4.78, 5) is 37.2. The zero-order chi connectivity index (χ0) is 19.4. The van der Waals surface area contributed by atoms with Crippen molar-refractivity contribution in [2.24, 2.45) is 5.10 Å². The number of thiophene rings is 1. The molecule has 0 atom stereocenters. The number of anilines is 1. The molecule has 0 fully saturated rings. The molecule has 1 aromatic carbocycles. The van der Waals surface area contributed by atoms with Gasteiger partial charge >= 0.3 is 17.8 Å². The highest BCUT2D eigenvalue weighted by molar-refractivity contribution is 7.17. The number of methoxy groups -OCH3 is 1. The summed E-state index contributed by atoms with van der Waals surface area (Å²) in [6.45, 7) is 0. The van der Waals surface area contributed by atoms with Gasteiger partial charge in [-0.05, 0) is 42.5 Å². The van der Waals surface area contributed by atoms with E-state index in [9.17, 15) is 14.4 Å². The van der Waals surface area contributed by atoms with Crippen LogP contribution >= 0.6 is 22.9 Å². The highest BCUT2D eigenvalue weighted by Gasteiger charge is 2.29. The summed E-state index contributed by atoms with van der Waals surface area (Å²) in [6.07, 6.45) is 3.95. The van der Waals surface area contributed by atoms with Gasteiger partial charge in [-0.15, -0.1) is 11.3 Å². The molecule has 0 saturated heterocycles. The van der Waals surface area contributed by atoms with Gasteiger partial charge in [0.2, 0.25) is 0 Å². The molecule has 1 aliphatic rings. The first-order valence-electron chi connectivity index (χ1n) is 8.12. The topological polar surface area (TPSA) is 96.9 Å². The fraction of sp³-hybridized carbons (Fsp3) is 0.222. The standard InChI is InChI=1S/C18H16ClN3O4S/c1-26-18(25)14-12-3-2-4-13(12)27-17(14)21-15(23)16(24)22-20-9-10-5-7-11(19)8-6-10/h5-9H,2-4H2,1H3,(H,21,23)(H,22,24)/b20-9+. The molecule has 2 aromatic rings. The maximum atomic E-state index is 12.1. The van der Waals surface area contributed by atoms with Gasteiger partial charge in [0.25, 0.3) is 0 Å². The van der Waals surface area contributed by atoms with E-state index in [1.165, 1.54) is 24.7 Å². The first-order valence-corrected chi connectivity index (χ1v) is 9.32. The predicted octanol–water partition coefficient (Wildman–Crippen LogP) is 2.77. The number of halogens is 1. The molecule has 0 unspecified atom stereocenters. The third-order valence-electron chi connectivity index (χ3n) is 3.99. The number of carbonyl (C=O) groups is 3. The molecule has 140 valence electrons. The fourth-order valence-electron chi connectivity index (χ4n) is 2.74. The molecule has 0 saturated carbocycles. The number of esters is 1. The number of hydrogen-bond acceptors (Lipinski definition) is 6. The van der Waals surface area contributed by atoms with E-state index in [1.54, 1.807) is 24.3 Å². The number of ether oxygens (including phenoxy) is 1. The monoisotopic (exact) mass is 405 g/mol. The smallest absolute Gasteiger partial charge is 0.341 e. The van der Waals surface area contributed by atoms with E-state index < -0.39 is 17.8 Å². The van der Waals surface area contributed by atoms with Crippen molar-refractivity contribution in [3.05, 3.63) is 50.9 Å². The molecule has 0 radical (unpaired) electrons. The van der Waals surface area contributed by atoms with E-state index in [1.807, 2.05) is 0 Å². The van der Waals surface area contributed by atoms with Crippen molar-refractivity contribution in [3.63, 3.8) is 0 Å². The Morgan fingerprint density at radius 2 is 1.93 bits per heavy atom. The van der Waals surface area contributed by atoms with Gasteiger partial charge in [-0.2, -0.15) is 5.10 Å². The summed E-state index contributed by atoms with van der Waals surface area (Å²) in [7, 11) is 1.28. The van der Waals surface area contributed by atoms with Crippen LogP contribution in [0.3, 0.4) is 0 Å². The molecule has 2 amide bonds. The van der Waals surface area contributed by atoms with Crippen molar-refractivity contribution in [1.29, 1.82) is 0 Å². The molecule has 1 aromatic heterocycles. The number of amides is 2. The summed E-state index contributed by atoms with van der Waals surface area (Å²) in [5.41, 5.74) is 4.09. The van der Waals surface area contributed by atoms with Gasteiger partial charge in [-0.3, -0.25) is 9.59 Å². The number of carbonyl (C=O) groups excluding carboxylic acids is 3. The van der Waals surface area contributed by atoms with Gasteiger partial charge in [-0.1, -0.05) is 23.7 Å². The lowest BCUT2D eigenvalue weighted by atomic mass is 10.1. The van der Waals surface area contributed by atoms with E-state index in [-0.39, 0.29) is 0 Å². The van der Waals surface area contributed by atoms with Crippen LogP contribution in [0.4, 0.5) is 5.00 Å². The maximum absolute atomic E-state index is 12.1. The van der Waals surface area contributed by atoms with Crippen LogP contribution in [0.25, 0.3) is 0 Å². The second-order valence-corrected chi connectivity index (χ2v) is 7.30.